The monoisotopic (exact) mass is 337 g/mol. The van der Waals surface area contributed by atoms with E-state index in [1.165, 1.54) is 18.3 Å². The van der Waals surface area contributed by atoms with E-state index in [1.54, 1.807) is 12.1 Å². The Kier molecular flexibility index (Phi) is 2.81. The summed E-state index contributed by atoms with van der Waals surface area (Å²) in [6, 6.07) is 5.94. The van der Waals surface area contributed by atoms with Crippen LogP contribution in [0.4, 0.5) is 5.69 Å². The van der Waals surface area contributed by atoms with Gasteiger partial charge in [-0.1, -0.05) is 24.3 Å². The Labute approximate surface area is 143 Å². The van der Waals surface area contributed by atoms with Gasteiger partial charge in [-0.25, -0.2) is 0 Å². The number of benzene rings is 1. The predicted octanol–water partition coefficient (Wildman–Crippen LogP) is 1.98. The highest BCUT2D eigenvalue weighted by Gasteiger charge is 2.67. The van der Waals surface area contributed by atoms with Gasteiger partial charge in [-0.15, -0.1) is 0 Å². The fourth-order valence-electron chi connectivity index (χ4n) is 4.90. The van der Waals surface area contributed by atoms with E-state index >= 15 is 0 Å². The highest BCUT2D eigenvalue weighted by molar-refractivity contribution is 6.06. The Hall–Kier alpha value is -2.83. The molecule has 7 nitrogen and oxygen atoms in total. The third-order valence-electron chi connectivity index (χ3n) is 6.04. The molecule has 0 aromatic heterocycles. The molecule has 0 N–H and O–H groups in total. The van der Waals surface area contributed by atoms with Crippen molar-refractivity contribution in [3.8, 4) is 0 Å². The lowest BCUT2D eigenvalue weighted by Crippen LogP contribution is -2.40. The van der Waals surface area contributed by atoms with Gasteiger partial charge in [0.15, 0.2) is 0 Å². The zero-order chi connectivity index (χ0) is 17.3. The molecule has 126 valence electrons. The summed E-state index contributed by atoms with van der Waals surface area (Å²) < 4.78 is 0. The van der Waals surface area contributed by atoms with Gasteiger partial charge in [0.25, 0.3) is 17.5 Å². The van der Waals surface area contributed by atoms with Crippen LogP contribution >= 0.6 is 0 Å². The second-order valence-electron chi connectivity index (χ2n) is 7.24. The van der Waals surface area contributed by atoms with Crippen LogP contribution in [0, 0.1) is 45.6 Å². The van der Waals surface area contributed by atoms with Crippen LogP contribution in [-0.4, -0.2) is 28.0 Å². The lowest BCUT2D eigenvalue weighted by Gasteiger charge is -2.37. The number of nitrogens with zero attached hydrogens (tertiary/aromatic N) is 3. The Morgan fingerprint density at radius 3 is 2.36 bits per heavy atom. The maximum Gasteiger partial charge on any atom is 0.270 e. The zero-order valence-electron chi connectivity index (χ0n) is 13.2. The summed E-state index contributed by atoms with van der Waals surface area (Å²) in [5, 5.41) is 15.9. The Morgan fingerprint density at radius 1 is 1.12 bits per heavy atom. The van der Waals surface area contributed by atoms with E-state index in [-0.39, 0.29) is 41.2 Å². The van der Waals surface area contributed by atoms with E-state index in [0.717, 1.165) is 11.4 Å². The first-order valence-corrected chi connectivity index (χ1v) is 8.41. The first-order chi connectivity index (χ1) is 12.1. The molecular formula is C18H15N3O4. The normalized spacial score (nSPS) is 37.5. The summed E-state index contributed by atoms with van der Waals surface area (Å²) in [7, 11) is 0. The molecule has 7 heteroatoms. The van der Waals surface area contributed by atoms with Gasteiger partial charge >= 0.3 is 0 Å². The maximum atomic E-state index is 12.7. The molecule has 4 aliphatic carbocycles. The van der Waals surface area contributed by atoms with Crippen molar-refractivity contribution < 1.29 is 14.5 Å². The number of rotatable bonds is 3. The van der Waals surface area contributed by atoms with Gasteiger partial charge < -0.3 is 0 Å². The van der Waals surface area contributed by atoms with E-state index in [4.69, 9.17) is 0 Å². The van der Waals surface area contributed by atoms with Crippen LogP contribution in [-0.2, 0) is 9.59 Å². The molecule has 25 heavy (non-hydrogen) atoms. The maximum absolute atomic E-state index is 12.7. The third kappa shape index (κ3) is 1.95. The molecule has 1 aromatic carbocycles. The van der Waals surface area contributed by atoms with E-state index < -0.39 is 4.92 Å². The van der Waals surface area contributed by atoms with Crippen LogP contribution in [0.3, 0.4) is 0 Å². The van der Waals surface area contributed by atoms with Gasteiger partial charge in [0.2, 0.25) is 0 Å². The molecular weight excluding hydrogens is 322 g/mol. The van der Waals surface area contributed by atoms with Crippen LogP contribution in [0.5, 0.6) is 0 Å². The summed E-state index contributed by atoms with van der Waals surface area (Å²) in [6.45, 7) is 0. The predicted molar refractivity (Wildman–Crippen MR) is 87.2 cm³/mol. The topological polar surface area (TPSA) is 92.9 Å². The molecule has 2 bridgehead atoms. The van der Waals surface area contributed by atoms with Gasteiger partial charge in [0, 0.05) is 17.7 Å². The van der Waals surface area contributed by atoms with E-state index in [0.29, 0.717) is 17.4 Å². The molecule has 6 rings (SSSR count). The Balaban J connectivity index is 1.43. The second-order valence-corrected chi connectivity index (χ2v) is 7.24. The average Bonchev–Trinajstić information content (AvgIpc) is 3.39. The standard InChI is InChI=1S/C18H15N3O4/c22-17-15-11-4-5-12(14-7-13(11)14)16(15)18(23)20(17)19-8-9-2-1-3-10(6-9)21(24)25/h1-6,8,11-16H,7H2/b19-8-/t11-,12-,13-,14-,15-,16+/m0/s1. The third-order valence-corrected chi connectivity index (χ3v) is 6.04. The molecule has 1 aliphatic heterocycles. The molecule has 2 saturated carbocycles. The molecule has 0 unspecified atom stereocenters. The Morgan fingerprint density at radius 2 is 1.76 bits per heavy atom. The van der Waals surface area contributed by atoms with Crippen molar-refractivity contribution in [3.63, 3.8) is 0 Å². The molecule has 1 heterocycles. The van der Waals surface area contributed by atoms with Crippen molar-refractivity contribution >= 4 is 23.7 Å². The lowest BCUT2D eigenvalue weighted by molar-refractivity contribution is -0.384. The molecule has 3 fully saturated rings. The molecule has 1 aromatic rings. The van der Waals surface area contributed by atoms with E-state index in [9.17, 15) is 19.7 Å². The molecule has 0 spiro atoms. The van der Waals surface area contributed by atoms with Crippen LogP contribution < -0.4 is 0 Å². The number of hydrogen-bond donors (Lipinski definition) is 0. The van der Waals surface area contributed by atoms with Gasteiger partial charge in [-0.3, -0.25) is 19.7 Å². The minimum atomic E-state index is -0.492. The molecule has 6 atom stereocenters. The fraction of sp³-hybridized carbons (Fsp3) is 0.389. The number of non-ortho nitro benzene ring substituents is 1. The van der Waals surface area contributed by atoms with Crippen molar-refractivity contribution in [2.75, 3.05) is 0 Å². The van der Waals surface area contributed by atoms with Crippen LogP contribution in [0.2, 0.25) is 0 Å². The van der Waals surface area contributed by atoms with E-state index in [1.807, 2.05) is 0 Å². The SMILES string of the molecule is O=C1[C@@H]2[C@H]3C=C[C@@H]([C@@H]4C[C@@H]34)[C@@H]2C(=O)N1/N=C\c1cccc([N+](=O)[O-])c1. The summed E-state index contributed by atoms with van der Waals surface area (Å²) in [5.74, 6) is 0.385. The summed E-state index contributed by atoms with van der Waals surface area (Å²) >= 11 is 0. The van der Waals surface area contributed by atoms with Crippen molar-refractivity contribution in [1.29, 1.82) is 0 Å². The highest BCUT2D eigenvalue weighted by atomic mass is 16.6. The molecule has 2 amide bonds. The number of nitro benzene ring substituents is 1. The van der Waals surface area contributed by atoms with Crippen LogP contribution in [0.25, 0.3) is 0 Å². The number of amides is 2. The summed E-state index contributed by atoms with van der Waals surface area (Å²) in [5.41, 5.74) is 0.424. The van der Waals surface area contributed by atoms with Crippen LogP contribution in [0.15, 0.2) is 41.5 Å². The minimum absolute atomic E-state index is 0.0565. The number of nitro groups is 1. The summed E-state index contributed by atoms with van der Waals surface area (Å²) in [6.07, 6.45) is 6.68. The van der Waals surface area contributed by atoms with Gasteiger partial charge in [0.05, 0.1) is 23.0 Å². The number of imide groups is 1. The highest BCUT2D eigenvalue weighted by Crippen LogP contribution is 2.65. The van der Waals surface area contributed by atoms with Crippen LogP contribution in [0.1, 0.15) is 12.0 Å². The number of allylic oxidation sites excluding steroid dienone is 2. The van der Waals surface area contributed by atoms with E-state index in [2.05, 4.69) is 17.3 Å². The molecule has 0 radical (unpaired) electrons. The number of carbonyl (C=O) groups is 2. The molecule has 5 aliphatic rings. The fourth-order valence-corrected chi connectivity index (χ4v) is 4.90. The zero-order valence-corrected chi connectivity index (χ0v) is 13.2. The van der Waals surface area contributed by atoms with Crippen molar-refractivity contribution in [1.82, 2.24) is 5.01 Å². The quantitative estimate of drug-likeness (QED) is 0.277. The van der Waals surface area contributed by atoms with Gasteiger partial charge in [0.1, 0.15) is 0 Å². The van der Waals surface area contributed by atoms with Crippen molar-refractivity contribution in [2.45, 2.75) is 6.42 Å². The lowest BCUT2D eigenvalue weighted by atomic mass is 9.63. The Bertz CT molecular complexity index is 841. The molecule has 1 saturated heterocycles. The summed E-state index contributed by atoms with van der Waals surface area (Å²) in [4.78, 5) is 35.8. The van der Waals surface area contributed by atoms with Crippen molar-refractivity contribution in [3.05, 3.63) is 52.1 Å². The first-order valence-electron chi connectivity index (χ1n) is 8.41. The largest absolute Gasteiger partial charge is 0.272 e. The van der Waals surface area contributed by atoms with Gasteiger partial charge in [-0.2, -0.15) is 10.1 Å². The number of carbonyl (C=O) groups excluding carboxylic acids is 2. The second kappa shape index (κ2) is 4.84. The van der Waals surface area contributed by atoms with Crippen molar-refractivity contribution in [2.24, 2.45) is 40.6 Å². The average molecular weight is 337 g/mol. The number of hydrogen-bond acceptors (Lipinski definition) is 5. The minimum Gasteiger partial charge on any atom is -0.272 e. The number of hydrazone groups is 1. The first kappa shape index (κ1) is 14.5. The smallest absolute Gasteiger partial charge is 0.270 e. The van der Waals surface area contributed by atoms with Gasteiger partial charge in [-0.05, 0) is 30.1 Å².